The van der Waals surface area contributed by atoms with E-state index in [1.165, 1.54) is 38.0 Å². The van der Waals surface area contributed by atoms with Gasteiger partial charge in [-0.05, 0) is 45.3 Å². The van der Waals surface area contributed by atoms with Gasteiger partial charge in [-0.3, -0.25) is 9.58 Å². The predicted octanol–water partition coefficient (Wildman–Crippen LogP) is 1.69. The number of hydrogen-bond acceptors (Lipinski definition) is 3. The van der Waals surface area contributed by atoms with Crippen LogP contribution in [-0.4, -0.2) is 40.4 Å². The highest BCUT2D eigenvalue weighted by molar-refractivity contribution is 5.08. The Labute approximate surface area is 110 Å². The summed E-state index contributed by atoms with van der Waals surface area (Å²) < 4.78 is 2.01. The van der Waals surface area contributed by atoms with Gasteiger partial charge in [-0.1, -0.05) is 6.92 Å². The van der Waals surface area contributed by atoms with E-state index in [2.05, 4.69) is 35.2 Å². The molecule has 102 valence electrons. The minimum atomic E-state index is 0.686. The summed E-state index contributed by atoms with van der Waals surface area (Å²) in [7, 11) is 2.04. The first-order valence-corrected chi connectivity index (χ1v) is 7.14. The first-order chi connectivity index (χ1) is 8.69. The van der Waals surface area contributed by atoms with Crippen LogP contribution < -0.4 is 5.32 Å². The second-order valence-electron chi connectivity index (χ2n) is 5.43. The van der Waals surface area contributed by atoms with Crippen molar-refractivity contribution < 1.29 is 0 Å². The highest BCUT2D eigenvalue weighted by Gasteiger charge is 2.18. The lowest BCUT2D eigenvalue weighted by molar-refractivity contribution is 0.236. The highest BCUT2D eigenvalue weighted by atomic mass is 15.3. The van der Waals surface area contributed by atoms with Crippen LogP contribution in [-0.2, 0) is 13.6 Å². The zero-order valence-corrected chi connectivity index (χ0v) is 11.9. The minimum Gasteiger partial charge on any atom is -0.313 e. The summed E-state index contributed by atoms with van der Waals surface area (Å²) in [4.78, 5) is 2.56. The van der Waals surface area contributed by atoms with Crippen LogP contribution in [0, 0.1) is 6.92 Å². The quantitative estimate of drug-likeness (QED) is 0.834. The molecule has 1 aliphatic rings. The average Bonchev–Trinajstić information content (AvgIpc) is 2.90. The predicted molar refractivity (Wildman–Crippen MR) is 74.5 cm³/mol. The zero-order valence-electron chi connectivity index (χ0n) is 11.9. The molecule has 1 aliphatic heterocycles. The maximum atomic E-state index is 4.43. The molecule has 2 rings (SSSR count). The van der Waals surface area contributed by atoms with Crippen molar-refractivity contribution >= 4 is 0 Å². The number of nitrogens with one attached hydrogen (secondary N) is 1. The molecule has 1 atom stereocenters. The van der Waals surface area contributed by atoms with Crippen molar-refractivity contribution in [2.24, 2.45) is 7.05 Å². The normalized spacial score (nSPS) is 19.9. The van der Waals surface area contributed by atoms with Gasteiger partial charge >= 0.3 is 0 Å². The van der Waals surface area contributed by atoms with Gasteiger partial charge in [0.05, 0.1) is 11.4 Å². The second kappa shape index (κ2) is 6.34. The molecule has 1 fully saturated rings. The molecule has 0 aliphatic carbocycles. The molecular weight excluding hydrogens is 224 g/mol. The molecule has 2 heterocycles. The van der Waals surface area contributed by atoms with Crippen LogP contribution in [0.2, 0.25) is 0 Å². The third kappa shape index (κ3) is 3.56. The first-order valence-electron chi connectivity index (χ1n) is 7.14. The maximum Gasteiger partial charge on any atom is 0.0597 e. The smallest absolute Gasteiger partial charge is 0.0597 e. The van der Waals surface area contributed by atoms with Crippen molar-refractivity contribution in [3.05, 3.63) is 17.5 Å². The molecule has 0 bridgehead atoms. The number of aryl methyl sites for hydroxylation is 2. The Balaban J connectivity index is 1.94. The Morgan fingerprint density at radius 1 is 1.56 bits per heavy atom. The van der Waals surface area contributed by atoms with Gasteiger partial charge in [0, 0.05) is 26.2 Å². The number of rotatable bonds is 6. The van der Waals surface area contributed by atoms with E-state index >= 15 is 0 Å². The van der Waals surface area contributed by atoms with E-state index in [9.17, 15) is 0 Å². The molecule has 1 N–H and O–H groups in total. The van der Waals surface area contributed by atoms with Crippen LogP contribution in [0.5, 0.6) is 0 Å². The largest absolute Gasteiger partial charge is 0.313 e. The minimum absolute atomic E-state index is 0.686. The van der Waals surface area contributed by atoms with Crippen molar-refractivity contribution in [1.82, 2.24) is 20.0 Å². The third-order valence-corrected chi connectivity index (χ3v) is 3.67. The van der Waals surface area contributed by atoms with Crippen LogP contribution in [0.4, 0.5) is 0 Å². The Morgan fingerprint density at radius 3 is 2.94 bits per heavy atom. The fraction of sp³-hybridized carbons (Fsp3) is 0.786. The van der Waals surface area contributed by atoms with Crippen molar-refractivity contribution in [3.8, 4) is 0 Å². The fourth-order valence-corrected chi connectivity index (χ4v) is 2.82. The number of hydrogen-bond donors (Lipinski definition) is 1. The van der Waals surface area contributed by atoms with Crippen molar-refractivity contribution in [2.75, 3.05) is 19.6 Å². The Bertz CT molecular complexity index is 366. The summed E-state index contributed by atoms with van der Waals surface area (Å²) in [5, 5.41) is 8.02. The fourth-order valence-electron chi connectivity index (χ4n) is 2.82. The zero-order chi connectivity index (χ0) is 13.0. The van der Waals surface area contributed by atoms with Gasteiger partial charge in [0.25, 0.3) is 0 Å². The lowest BCUT2D eigenvalue weighted by atomic mass is 10.2. The Hall–Kier alpha value is -0.870. The van der Waals surface area contributed by atoms with E-state index in [1.54, 1.807) is 0 Å². The number of nitrogens with zero attached hydrogens (tertiary/aromatic N) is 3. The Kier molecular flexibility index (Phi) is 4.78. The van der Waals surface area contributed by atoms with Gasteiger partial charge in [-0.2, -0.15) is 5.10 Å². The first kappa shape index (κ1) is 13.6. The molecule has 0 amide bonds. The van der Waals surface area contributed by atoms with E-state index in [1.807, 2.05) is 11.7 Å². The molecule has 1 saturated heterocycles. The summed E-state index contributed by atoms with van der Waals surface area (Å²) >= 11 is 0. The third-order valence-electron chi connectivity index (χ3n) is 3.67. The van der Waals surface area contributed by atoms with Gasteiger partial charge in [0.15, 0.2) is 0 Å². The van der Waals surface area contributed by atoms with Crippen LogP contribution in [0.25, 0.3) is 0 Å². The molecule has 4 nitrogen and oxygen atoms in total. The van der Waals surface area contributed by atoms with Gasteiger partial charge < -0.3 is 5.32 Å². The average molecular weight is 250 g/mol. The van der Waals surface area contributed by atoms with Gasteiger partial charge in [-0.25, -0.2) is 0 Å². The lowest BCUT2D eigenvalue weighted by Crippen LogP contribution is -2.38. The van der Waals surface area contributed by atoms with Gasteiger partial charge in [0.2, 0.25) is 0 Å². The molecule has 0 spiro atoms. The van der Waals surface area contributed by atoms with Crippen LogP contribution in [0.15, 0.2) is 6.07 Å². The lowest BCUT2D eigenvalue weighted by Gasteiger charge is -2.25. The van der Waals surface area contributed by atoms with E-state index in [0.29, 0.717) is 6.04 Å². The molecule has 1 aromatic heterocycles. The molecular formula is C14H26N4. The van der Waals surface area contributed by atoms with Crippen molar-refractivity contribution in [2.45, 2.75) is 45.7 Å². The highest BCUT2D eigenvalue weighted by Crippen LogP contribution is 2.11. The van der Waals surface area contributed by atoms with Gasteiger partial charge in [0.1, 0.15) is 0 Å². The molecule has 4 heteroatoms. The molecule has 0 aromatic carbocycles. The van der Waals surface area contributed by atoms with Crippen LogP contribution in [0.1, 0.15) is 37.6 Å². The maximum absolute atomic E-state index is 4.43. The molecule has 1 aromatic rings. The van der Waals surface area contributed by atoms with Crippen LogP contribution >= 0.6 is 0 Å². The monoisotopic (exact) mass is 250 g/mol. The van der Waals surface area contributed by atoms with Crippen LogP contribution in [0.3, 0.4) is 0 Å². The van der Waals surface area contributed by atoms with Crippen molar-refractivity contribution in [1.29, 1.82) is 0 Å². The summed E-state index contributed by atoms with van der Waals surface area (Å²) in [5.74, 6) is 0. The molecule has 0 radical (unpaired) electrons. The Morgan fingerprint density at radius 2 is 2.39 bits per heavy atom. The number of aromatic nitrogens is 2. The summed E-state index contributed by atoms with van der Waals surface area (Å²) in [5.41, 5.74) is 2.43. The molecule has 1 unspecified atom stereocenters. The molecule has 0 saturated carbocycles. The second-order valence-corrected chi connectivity index (χ2v) is 5.43. The summed E-state index contributed by atoms with van der Waals surface area (Å²) in [6.07, 6.45) is 3.86. The standard InChI is InChI=1S/C14H26N4/c1-4-8-18(10-13-6-5-7-15-13)11-14-9-12(2)16-17(14)3/h9,13,15H,4-8,10-11H2,1-3H3. The van der Waals surface area contributed by atoms with E-state index in [-0.39, 0.29) is 0 Å². The SMILES string of the molecule is CCCN(Cc1cc(C)nn1C)CC1CCCN1. The van der Waals surface area contributed by atoms with Gasteiger partial charge in [-0.15, -0.1) is 0 Å². The summed E-state index contributed by atoms with van der Waals surface area (Å²) in [6.45, 7) is 8.86. The van der Waals surface area contributed by atoms with E-state index < -0.39 is 0 Å². The van der Waals surface area contributed by atoms with E-state index in [4.69, 9.17) is 0 Å². The molecule has 18 heavy (non-hydrogen) atoms. The summed E-state index contributed by atoms with van der Waals surface area (Å²) in [6, 6.07) is 2.89. The van der Waals surface area contributed by atoms with Crippen molar-refractivity contribution in [3.63, 3.8) is 0 Å². The topological polar surface area (TPSA) is 33.1 Å². The van der Waals surface area contributed by atoms with E-state index in [0.717, 1.165) is 18.8 Å².